The van der Waals surface area contributed by atoms with Crippen molar-refractivity contribution in [3.05, 3.63) is 22.3 Å². The van der Waals surface area contributed by atoms with E-state index in [0.29, 0.717) is 37.3 Å². The molecule has 0 aromatic carbocycles. The Morgan fingerprint density at radius 1 is 1.57 bits per heavy atom. The highest BCUT2D eigenvalue weighted by Gasteiger charge is 2.25. The van der Waals surface area contributed by atoms with Crippen molar-refractivity contribution in [2.75, 3.05) is 25.5 Å². The van der Waals surface area contributed by atoms with Crippen LogP contribution in [-0.4, -0.2) is 47.9 Å². The van der Waals surface area contributed by atoms with E-state index in [0.717, 1.165) is 4.47 Å². The largest absolute Gasteiger partial charge is 0.370 e. The van der Waals surface area contributed by atoms with Gasteiger partial charge >= 0.3 is 0 Å². The topological polar surface area (TPSA) is 74.3 Å². The Balaban J connectivity index is 2.09. The van der Waals surface area contributed by atoms with Gasteiger partial charge in [0, 0.05) is 43.3 Å². The van der Waals surface area contributed by atoms with Gasteiger partial charge in [0.05, 0.1) is 5.56 Å². The summed E-state index contributed by atoms with van der Waals surface area (Å²) in [5.74, 6) is 0.517. The van der Waals surface area contributed by atoms with E-state index >= 15 is 0 Å². The average molecular weight is 355 g/mol. The Morgan fingerprint density at radius 2 is 2.33 bits per heavy atom. The molecular formula is C14H19BrN4O2. The van der Waals surface area contributed by atoms with Gasteiger partial charge in [-0.3, -0.25) is 9.59 Å². The van der Waals surface area contributed by atoms with Gasteiger partial charge in [-0.15, -0.1) is 0 Å². The molecule has 1 unspecified atom stereocenters. The molecule has 2 heterocycles. The molecule has 7 heteroatoms. The predicted molar refractivity (Wildman–Crippen MR) is 84.2 cm³/mol. The summed E-state index contributed by atoms with van der Waals surface area (Å²) in [7, 11) is 1.76. The molecule has 1 aliphatic rings. The molecule has 0 bridgehead atoms. The van der Waals surface area contributed by atoms with Crippen LogP contribution < -0.4 is 10.6 Å². The zero-order valence-corrected chi connectivity index (χ0v) is 13.7. The molecule has 6 nitrogen and oxygen atoms in total. The predicted octanol–water partition coefficient (Wildman–Crippen LogP) is 1.63. The monoisotopic (exact) mass is 354 g/mol. The smallest absolute Gasteiger partial charge is 0.255 e. The molecule has 1 fully saturated rings. The number of pyridine rings is 1. The molecular weight excluding hydrogens is 336 g/mol. The lowest BCUT2D eigenvalue weighted by Crippen LogP contribution is -2.48. The molecule has 0 radical (unpaired) electrons. The van der Waals surface area contributed by atoms with Crippen LogP contribution in [0.4, 0.5) is 5.82 Å². The number of piperidine rings is 1. The zero-order chi connectivity index (χ0) is 15.4. The van der Waals surface area contributed by atoms with Gasteiger partial charge in [0.1, 0.15) is 5.82 Å². The second-order valence-corrected chi connectivity index (χ2v) is 5.98. The lowest BCUT2D eigenvalue weighted by molar-refractivity contribution is -0.132. The van der Waals surface area contributed by atoms with Crippen molar-refractivity contribution in [1.82, 2.24) is 15.2 Å². The highest BCUT2D eigenvalue weighted by Crippen LogP contribution is 2.19. The molecule has 1 atom stereocenters. The Hall–Kier alpha value is -1.63. The van der Waals surface area contributed by atoms with Crippen LogP contribution in [0.1, 0.15) is 30.1 Å². The Labute approximate surface area is 132 Å². The number of aromatic nitrogens is 1. The average Bonchev–Trinajstić information content (AvgIpc) is 2.45. The van der Waals surface area contributed by atoms with Gasteiger partial charge in [-0.05, 0) is 35.3 Å². The first-order valence-electron chi connectivity index (χ1n) is 6.95. The maximum absolute atomic E-state index is 12.4. The maximum atomic E-state index is 12.4. The fourth-order valence-corrected chi connectivity index (χ4v) is 2.65. The van der Waals surface area contributed by atoms with Crippen LogP contribution in [0.25, 0.3) is 0 Å². The van der Waals surface area contributed by atoms with Gasteiger partial charge < -0.3 is 15.5 Å². The van der Waals surface area contributed by atoms with Gasteiger partial charge in [-0.1, -0.05) is 0 Å². The first kappa shape index (κ1) is 15.8. The van der Waals surface area contributed by atoms with E-state index in [1.54, 1.807) is 24.2 Å². The van der Waals surface area contributed by atoms with Gasteiger partial charge in [0.25, 0.3) is 5.91 Å². The number of carbonyl (C=O) groups is 2. The van der Waals surface area contributed by atoms with Gasteiger partial charge in [0.15, 0.2) is 0 Å². The third-order valence-electron chi connectivity index (χ3n) is 3.41. The molecule has 1 saturated heterocycles. The second-order valence-electron chi connectivity index (χ2n) is 5.06. The number of anilines is 1. The standard InChI is InChI=1S/C14H19BrN4O2/c1-3-16-13-11(6-9(15)7-17-13)14(21)18-10-4-5-12(20)19(2)8-10/h6-7,10H,3-5,8H2,1-2H3,(H,16,17)(H,18,21). The van der Waals surface area contributed by atoms with Crippen LogP contribution in [0.2, 0.25) is 0 Å². The van der Waals surface area contributed by atoms with Crippen molar-refractivity contribution in [2.24, 2.45) is 0 Å². The molecule has 1 aromatic heterocycles. The van der Waals surface area contributed by atoms with Crippen molar-refractivity contribution >= 4 is 33.6 Å². The highest BCUT2D eigenvalue weighted by molar-refractivity contribution is 9.10. The summed E-state index contributed by atoms with van der Waals surface area (Å²) in [6, 6.07) is 1.73. The highest BCUT2D eigenvalue weighted by atomic mass is 79.9. The molecule has 0 aliphatic carbocycles. The minimum atomic E-state index is -0.174. The third kappa shape index (κ3) is 3.93. The molecule has 21 heavy (non-hydrogen) atoms. The number of likely N-dealkylation sites (tertiary alicyclic amines) is 1. The molecule has 1 aromatic rings. The summed E-state index contributed by atoms with van der Waals surface area (Å²) >= 11 is 3.34. The van der Waals surface area contributed by atoms with E-state index in [1.807, 2.05) is 6.92 Å². The van der Waals surface area contributed by atoms with Crippen molar-refractivity contribution in [3.63, 3.8) is 0 Å². The van der Waals surface area contributed by atoms with Crippen molar-refractivity contribution in [3.8, 4) is 0 Å². The fraction of sp³-hybridized carbons (Fsp3) is 0.500. The quantitative estimate of drug-likeness (QED) is 0.861. The van der Waals surface area contributed by atoms with Crippen LogP contribution in [-0.2, 0) is 4.79 Å². The molecule has 2 amide bonds. The van der Waals surface area contributed by atoms with E-state index in [4.69, 9.17) is 0 Å². The van der Waals surface area contributed by atoms with E-state index in [9.17, 15) is 9.59 Å². The number of rotatable bonds is 4. The van der Waals surface area contributed by atoms with Crippen LogP contribution >= 0.6 is 15.9 Å². The Morgan fingerprint density at radius 3 is 3.00 bits per heavy atom. The number of amides is 2. The number of carbonyl (C=O) groups excluding carboxylic acids is 2. The lowest BCUT2D eigenvalue weighted by atomic mass is 10.1. The molecule has 2 N–H and O–H groups in total. The van der Waals surface area contributed by atoms with Crippen molar-refractivity contribution in [2.45, 2.75) is 25.8 Å². The Kier molecular flexibility index (Phi) is 5.17. The van der Waals surface area contributed by atoms with Gasteiger partial charge in [0.2, 0.25) is 5.91 Å². The summed E-state index contributed by atoms with van der Waals surface area (Å²) < 4.78 is 0.755. The maximum Gasteiger partial charge on any atom is 0.255 e. The molecule has 0 spiro atoms. The molecule has 0 saturated carbocycles. The van der Waals surface area contributed by atoms with Crippen molar-refractivity contribution in [1.29, 1.82) is 0 Å². The normalized spacial score (nSPS) is 18.5. The zero-order valence-electron chi connectivity index (χ0n) is 12.1. The van der Waals surface area contributed by atoms with Crippen molar-refractivity contribution < 1.29 is 9.59 Å². The van der Waals surface area contributed by atoms with Crippen LogP contribution in [0.5, 0.6) is 0 Å². The number of hydrogen-bond acceptors (Lipinski definition) is 4. The number of halogens is 1. The number of nitrogens with one attached hydrogen (secondary N) is 2. The minimum absolute atomic E-state index is 0.0198. The third-order valence-corrected chi connectivity index (χ3v) is 3.84. The van der Waals surface area contributed by atoms with E-state index in [1.165, 1.54) is 0 Å². The summed E-state index contributed by atoms with van der Waals surface area (Å²) in [4.78, 5) is 29.8. The van der Waals surface area contributed by atoms with E-state index in [-0.39, 0.29) is 17.9 Å². The Bertz CT molecular complexity index is 550. The first-order valence-corrected chi connectivity index (χ1v) is 7.74. The summed E-state index contributed by atoms with van der Waals surface area (Å²) in [6.07, 6.45) is 2.80. The van der Waals surface area contributed by atoms with Gasteiger partial charge in [-0.2, -0.15) is 0 Å². The van der Waals surface area contributed by atoms with E-state index in [2.05, 4.69) is 31.5 Å². The van der Waals surface area contributed by atoms with Crippen LogP contribution in [0, 0.1) is 0 Å². The number of hydrogen-bond donors (Lipinski definition) is 2. The SMILES string of the molecule is CCNc1ncc(Br)cc1C(=O)NC1CCC(=O)N(C)C1. The van der Waals surface area contributed by atoms with Crippen LogP contribution in [0.3, 0.4) is 0 Å². The number of nitrogens with zero attached hydrogens (tertiary/aromatic N) is 2. The summed E-state index contributed by atoms with van der Waals surface area (Å²) in [5.41, 5.74) is 0.505. The van der Waals surface area contributed by atoms with E-state index < -0.39 is 0 Å². The van der Waals surface area contributed by atoms with Crippen LogP contribution in [0.15, 0.2) is 16.7 Å². The molecule has 114 valence electrons. The second kappa shape index (κ2) is 6.89. The summed E-state index contributed by atoms with van der Waals surface area (Å²) in [6.45, 7) is 3.19. The molecule has 2 rings (SSSR count). The van der Waals surface area contributed by atoms with Gasteiger partial charge in [-0.25, -0.2) is 4.98 Å². The minimum Gasteiger partial charge on any atom is -0.370 e. The summed E-state index contributed by atoms with van der Waals surface area (Å²) in [5, 5.41) is 6.06. The fourth-order valence-electron chi connectivity index (χ4n) is 2.31. The number of likely N-dealkylation sites (N-methyl/N-ethyl adjacent to an activating group) is 1. The lowest BCUT2D eigenvalue weighted by Gasteiger charge is -2.30. The molecule has 1 aliphatic heterocycles. The first-order chi connectivity index (χ1) is 10.0.